The second-order valence-corrected chi connectivity index (χ2v) is 6.35. The number of carbonyl (C=O) groups excluding carboxylic acids is 1. The van der Waals surface area contributed by atoms with Gasteiger partial charge in [0.25, 0.3) is 0 Å². The van der Waals surface area contributed by atoms with E-state index in [-0.39, 0.29) is 12.0 Å². The number of rotatable bonds is 4. The van der Waals surface area contributed by atoms with E-state index in [4.69, 9.17) is 0 Å². The quantitative estimate of drug-likeness (QED) is 0.803. The Morgan fingerprint density at radius 2 is 1.75 bits per heavy atom. The molecular formula is C15H29N3O2. The van der Waals surface area contributed by atoms with Crippen LogP contribution in [0.3, 0.4) is 0 Å². The lowest BCUT2D eigenvalue weighted by Gasteiger charge is -2.35. The number of aliphatic hydroxyl groups is 1. The lowest BCUT2D eigenvalue weighted by Crippen LogP contribution is -2.46. The van der Waals surface area contributed by atoms with Crippen LogP contribution >= 0.6 is 0 Å². The average molecular weight is 283 g/mol. The molecule has 0 aromatic heterocycles. The highest BCUT2D eigenvalue weighted by Crippen LogP contribution is 2.20. The monoisotopic (exact) mass is 283 g/mol. The van der Waals surface area contributed by atoms with Crippen molar-refractivity contribution in [1.82, 2.24) is 14.7 Å². The largest absolute Gasteiger partial charge is 0.393 e. The summed E-state index contributed by atoms with van der Waals surface area (Å²) in [5.74, 6) is 0.657. The van der Waals surface area contributed by atoms with Crippen molar-refractivity contribution in [2.75, 3.05) is 52.9 Å². The number of amides is 1. The Hall–Kier alpha value is -0.650. The zero-order valence-electron chi connectivity index (χ0n) is 12.9. The minimum absolute atomic E-state index is 0.238. The third-order valence-corrected chi connectivity index (χ3v) is 4.81. The maximum absolute atomic E-state index is 12.2. The van der Waals surface area contributed by atoms with Crippen molar-refractivity contribution in [2.24, 2.45) is 5.92 Å². The van der Waals surface area contributed by atoms with E-state index in [1.807, 2.05) is 11.8 Å². The average Bonchev–Trinajstić information content (AvgIpc) is 2.46. The standard InChI is InChI=1S/C15H29N3O2/c1-13(19)14-3-7-18(8-4-14)15(20)5-6-17-11-9-16(2)10-12-17/h13-14,19H,3-12H2,1-2H3. The first-order valence-electron chi connectivity index (χ1n) is 7.93. The molecule has 2 heterocycles. The molecule has 2 rings (SSSR count). The Kier molecular flexibility index (Phi) is 5.81. The van der Waals surface area contributed by atoms with E-state index >= 15 is 0 Å². The van der Waals surface area contributed by atoms with Crippen molar-refractivity contribution in [3.63, 3.8) is 0 Å². The van der Waals surface area contributed by atoms with Gasteiger partial charge in [0.1, 0.15) is 0 Å². The minimum Gasteiger partial charge on any atom is -0.393 e. The summed E-state index contributed by atoms with van der Waals surface area (Å²) in [5.41, 5.74) is 0. The number of carbonyl (C=O) groups is 1. The SMILES string of the molecule is CC(O)C1CCN(C(=O)CCN2CCN(C)CC2)CC1. The summed E-state index contributed by atoms with van der Waals surface area (Å²) in [4.78, 5) is 18.9. The molecule has 5 heteroatoms. The Morgan fingerprint density at radius 1 is 1.15 bits per heavy atom. The number of aliphatic hydroxyl groups excluding tert-OH is 1. The lowest BCUT2D eigenvalue weighted by atomic mass is 9.92. The van der Waals surface area contributed by atoms with Crippen molar-refractivity contribution in [1.29, 1.82) is 0 Å². The fourth-order valence-electron chi connectivity index (χ4n) is 3.11. The maximum atomic E-state index is 12.2. The van der Waals surface area contributed by atoms with Gasteiger partial charge in [-0.2, -0.15) is 0 Å². The van der Waals surface area contributed by atoms with Gasteiger partial charge in [0.05, 0.1) is 6.10 Å². The van der Waals surface area contributed by atoms with E-state index in [0.29, 0.717) is 12.3 Å². The number of hydrogen-bond acceptors (Lipinski definition) is 4. The smallest absolute Gasteiger partial charge is 0.223 e. The normalized spacial score (nSPS) is 24.9. The van der Waals surface area contributed by atoms with Crippen molar-refractivity contribution < 1.29 is 9.90 Å². The Morgan fingerprint density at radius 3 is 2.30 bits per heavy atom. The number of likely N-dealkylation sites (N-methyl/N-ethyl adjacent to an activating group) is 1. The highest BCUT2D eigenvalue weighted by molar-refractivity contribution is 5.76. The molecule has 116 valence electrons. The van der Waals surface area contributed by atoms with Crippen LogP contribution in [0, 0.1) is 5.92 Å². The van der Waals surface area contributed by atoms with E-state index in [2.05, 4.69) is 16.8 Å². The van der Waals surface area contributed by atoms with Crippen LogP contribution in [-0.2, 0) is 4.79 Å². The van der Waals surface area contributed by atoms with Crippen LogP contribution < -0.4 is 0 Å². The van der Waals surface area contributed by atoms with Crippen LogP contribution in [-0.4, -0.2) is 84.7 Å². The first kappa shape index (κ1) is 15.7. The highest BCUT2D eigenvalue weighted by Gasteiger charge is 2.25. The molecule has 2 aliphatic heterocycles. The molecule has 0 radical (unpaired) electrons. The van der Waals surface area contributed by atoms with Gasteiger partial charge in [-0.1, -0.05) is 0 Å². The van der Waals surface area contributed by atoms with Crippen LogP contribution in [0.2, 0.25) is 0 Å². The van der Waals surface area contributed by atoms with E-state index in [1.165, 1.54) is 0 Å². The predicted octanol–water partition coefficient (Wildman–Crippen LogP) is 0.243. The van der Waals surface area contributed by atoms with E-state index in [9.17, 15) is 9.90 Å². The Labute approximate surface area is 122 Å². The molecule has 0 aromatic rings. The molecular weight excluding hydrogens is 254 g/mol. The van der Waals surface area contributed by atoms with Gasteiger partial charge < -0.3 is 19.8 Å². The fourth-order valence-corrected chi connectivity index (χ4v) is 3.11. The lowest BCUT2D eigenvalue weighted by molar-refractivity contribution is -0.133. The molecule has 1 amide bonds. The zero-order valence-corrected chi connectivity index (χ0v) is 12.9. The van der Waals surface area contributed by atoms with Gasteiger partial charge in [-0.3, -0.25) is 4.79 Å². The number of likely N-dealkylation sites (tertiary alicyclic amines) is 1. The summed E-state index contributed by atoms with van der Waals surface area (Å²) in [6.07, 6.45) is 2.29. The summed E-state index contributed by atoms with van der Waals surface area (Å²) >= 11 is 0. The van der Waals surface area contributed by atoms with Crippen LogP contribution in [0.4, 0.5) is 0 Å². The molecule has 5 nitrogen and oxygen atoms in total. The van der Waals surface area contributed by atoms with Crippen LogP contribution in [0.5, 0.6) is 0 Å². The van der Waals surface area contributed by atoms with Crippen molar-refractivity contribution in [3.8, 4) is 0 Å². The van der Waals surface area contributed by atoms with Crippen LogP contribution in [0.25, 0.3) is 0 Å². The molecule has 0 aromatic carbocycles. The Bertz CT molecular complexity index is 306. The van der Waals surface area contributed by atoms with Gasteiger partial charge in [0.2, 0.25) is 5.91 Å². The van der Waals surface area contributed by atoms with Gasteiger partial charge in [-0.15, -0.1) is 0 Å². The van der Waals surface area contributed by atoms with E-state index in [0.717, 1.165) is 58.7 Å². The Balaban J connectivity index is 1.65. The van der Waals surface area contributed by atoms with Crippen molar-refractivity contribution >= 4 is 5.91 Å². The van der Waals surface area contributed by atoms with Gasteiger partial charge >= 0.3 is 0 Å². The topological polar surface area (TPSA) is 47.0 Å². The van der Waals surface area contributed by atoms with Crippen LogP contribution in [0.15, 0.2) is 0 Å². The van der Waals surface area contributed by atoms with Crippen molar-refractivity contribution in [2.45, 2.75) is 32.3 Å². The van der Waals surface area contributed by atoms with E-state index < -0.39 is 0 Å². The first-order valence-corrected chi connectivity index (χ1v) is 7.93. The van der Waals surface area contributed by atoms with Gasteiger partial charge in [-0.25, -0.2) is 0 Å². The predicted molar refractivity (Wildman–Crippen MR) is 79.5 cm³/mol. The summed E-state index contributed by atoms with van der Waals surface area (Å²) in [5, 5.41) is 9.58. The molecule has 1 atom stereocenters. The summed E-state index contributed by atoms with van der Waals surface area (Å²) in [6, 6.07) is 0. The second-order valence-electron chi connectivity index (χ2n) is 6.35. The molecule has 0 bridgehead atoms. The van der Waals surface area contributed by atoms with E-state index in [1.54, 1.807) is 0 Å². The van der Waals surface area contributed by atoms with Crippen molar-refractivity contribution in [3.05, 3.63) is 0 Å². The van der Waals surface area contributed by atoms with Crippen LogP contribution in [0.1, 0.15) is 26.2 Å². The summed E-state index contributed by atoms with van der Waals surface area (Å²) in [6.45, 7) is 8.75. The summed E-state index contributed by atoms with van der Waals surface area (Å²) < 4.78 is 0. The molecule has 1 unspecified atom stereocenters. The molecule has 1 N–H and O–H groups in total. The molecule has 2 fully saturated rings. The molecule has 0 aliphatic carbocycles. The summed E-state index contributed by atoms with van der Waals surface area (Å²) in [7, 11) is 2.15. The number of hydrogen-bond donors (Lipinski definition) is 1. The third-order valence-electron chi connectivity index (χ3n) is 4.81. The minimum atomic E-state index is -0.238. The number of piperazine rings is 1. The van der Waals surface area contributed by atoms with Gasteiger partial charge in [0, 0.05) is 52.2 Å². The molecule has 2 aliphatic rings. The number of nitrogens with zero attached hydrogens (tertiary/aromatic N) is 3. The van der Waals surface area contributed by atoms with Gasteiger partial charge in [-0.05, 0) is 32.7 Å². The maximum Gasteiger partial charge on any atom is 0.223 e. The first-order chi connectivity index (χ1) is 9.56. The number of piperidine rings is 1. The highest BCUT2D eigenvalue weighted by atomic mass is 16.3. The zero-order chi connectivity index (χ0) is 14.5. The molecule has 20 heavy (non-hydrogen) atoms. The molecule has 0 saturated carbocycles. The second kappa shape index (κ2) is 7.38. The third kappa shape index (κ3) is 4.43. The molecule has 0 spiro atoms. The fraction of sp³-hybridized carbons (Fsp3) is 0.933. The molecule has 2 saturated heterocycles. The van der Waals surface area contributed by atoms with Gasteiger partial charge in [0.15, 0.2) is 0 Å².